The molecule has 0 saturated carbocycles. The minimum atomic E-state index is -0.974. The minimum Gasteiger partial charge on any atom is -0.434 e. The van der Waals surface area contributed by atoms with Crippen LogP contribution in [0.15, 0.2) is 0 Å². The van der Waals surface area contributed by atoms with E-state index >= 15 is 0 Å². The van der Waals surface area contributed by atoms with E-state index in [-0.39, 0.29) is 6.61 Å². The number of hydrogen-bond donors (Lipinski definition) is 2. The van der Waals surface area contributed by atoms with Crippen molar-refractivity contribution in [1.82, 2.24) is 0 Å². The lowest BCUT2D eigenvalue weighted by Crippen LogP contribution is -2.34. The SMILES string of the molecule is CCCCOC(=O)OC(=O)[C@@H](N)CCCCN. The normalized spacial score (nSPS) is 11.9. The molecule has 4 N–H and O–H groups in total. The third kappa shape index (κ3) is 8.65. The van der Waals surface area contributed by atoms with Gasteiger partial charge in [-0.25, -0.2) is 9.59 Å². The van der Waals surface area contributed by atoms with Gasteiger partial charge < -0.3 is 20.9 Å². The van der Waals surface area contributed by atoms with Gasteiger partial charge in [-0.15, -0.1) is 0 Å². The molecular weight excluding hydrogens is 224 g/mol. The van der Waals surface area contributed by atoms with Crippen LogP contribution in [0.1, 0.15) is 39.0 Å². The standard InChI is InChI=1S/C11H22N2O4/c1-2-3-8-16-11(15)17-10(14)9(13)6-4-5-7-12/h9H,2-8,12-13H2,1H3/t9-/m0/s1. The molecule has 0 bridgehead atoms. The highest BCUT2D eigenvalue weighted by Crippen LogP contribution is 2.01. The number of carbonyl (C=O) groups excluding carboxylic acids is 2. The van der Waals surface area contributed by atoms with Gasteiger partial charge in [0.25, 0.3) is 0 Å². The maximum atomic E-state index is 11.3. The zero-order chi connectivity index (χ0) is 13.1. The third-order valence-corrected chi connectivity index (χ3v) is 2.17. The zero-order valence-electron chi connectivity index (χ0n) is 10.3. The molecule has 0 aliphatic rings. The van der Waals surface area contributed by atoms with Crippen molar-refractivity contribution in [3.8, 4) is 0 Å². The summed E-state index contributed by atoms with van der Waals surface area (Å²) in [5, 5.41) is 0. The summed E-state index contributed by atoms with van der Waals surface area (Å²) in [5.41, 5.74) is 10.8. The van der Waals surface area contributed by atoms with Gasteiger partial charge in [-0.3, -0.25) is 0 Å². The average Bonchev–Trinajstić information content (AvgIpc) is 2.29. The molecule has 0 unspecified atom stereocenters. The molecule has 1 atom stereocenters. The van der Waals surface area contributed by atoms with Gasteiger partial charge >= 0.3 is 12.1 Å². The molecule has 0 heterocycles. The Hall–Kier alpha value is -1.14. The van der Waals surface area contributed by atoms with Crippen molar-refractivity contribution in [2.24, 2.45) is 11.5 Å². The molecular formula is C11H22N2O4. The average molecular weight is 246 g/mol. The minimum absolute atomic E-state index is 0.255. The number of ether oxygens (including phenoxy) is 2. The predicted molar refractivity (Wildman–Crippen MR) is 63.2 cm³/mol. The lowest BCUT2D eigenvalue weighted by Gasteiger charge is -2.09. The summed E-state index contributed by atoms with van der Waals surface area (Å²) in [7, 11) is 0. The van der Waals surface area contributed by atoms with Crippen LogP contribution in [0.2, 0.25) is 0 Å². The number of carbonyl (C=O) groups is 2. The summed E-state index contributed by atoms with van der Waals surface area (Å²) in [5.74, 6) is -0.747. The molecule has 100 valence electrons. The number of nitrogens with two attached hydrogens (primary N) is 2. The van der Waals surface area contributed by atoms with Gasteiger partial charge in [0.2, 0.25) is 0 Å². The van der Waals surface area contributed by atoms with Crippen molar-refractivity contribution in [3.63, 3.8) is 0 Å². The Balaban J connectivity index is 3.71. The lowest BCUT2D eigenvalue weighted by atomic mass is 10.1. The largest absolute Gasteiger partial charge is 0.516 e. The summed E-state index contributed by atoms with van der Waals surface area (Å²) < 4.78 is 9.10. The van der Waals surface area contributed by atoms with Gasteiger partial charge in [0.15, 0.2) is 0 Å². The Bertz CT molecular complexity index is 234. The summed E-state index contributed by atoms with van der Waals surface area (Å²) in [6.07, 6.45) is 2.65. The summed E-state index contributed by atoms with van der Waals surface area (Å²) in [4.78, 5) is 22.3. The second-order valence-electron chi connectivity index (χ2n) is 3.76. The molecule has 0 aliphatic carbocycles. The van der Waals surface area contributed by atoms with Gasteiger partial charge in [-0.05, 0) is 25.8 Å². The fourth-order valence-electron chi connectivity index (χ4n) is 1.11. The van der Waals surface area contributed by atoms with Crippen molar-refractivity contribution in [3.05, 3.63) is 0 Å². The van der Waals surface area contributed by atoms with E-state index in [1.54, 1.807) is 0 Å². The Morgan fingerprint density at radius 1 is 1.24 bits per heavy atom. The molecule has 17 heavy (non-hydrogen) atoms. The Labute approximate surface area is 102 Å². The molecule has 0 amide bonds. The van der Waals surface area contributed by atoms with Crippen LogP contribution in [0.4, 0.5) is 4.79 Å². The van der Waals surface area contributed by atoms with Crippen molar-refractivity contribution in [1.29, 1.82) is 0 Å². The molecule has 6 heteroatoms. The van der Waals surface area contributed by atoms with E-state index in [0.29, 0.717) is 13.0 Å². The highest BCUT2D eigenvalue weighted by molar-refractivity contribution is 5.85. The van der Waals surface area contributed by atoms with Crippen molar-refractivity contribution >= 4 is 12.1 Å². The molecule has 0 rings (SSSR count). The highest BCUT2D eigenvalue weighted by Gasteiger charge is 2.19. The summed E-state index contributed by atoms with van der Waals surface area (Å²) in [6.45, 7) is 2.78. The van der Waals surface area contributed by atoms with Crippen LogP contribution in [-0.4, -0.2) is 31.3 Å². The highest BCUT2D eigenvalue weighted by atomic mass is 16.7. The van der Waals surface area contributed by atoms with Gasteiger partial charge in [0.1, 0.15) is 6.04 Å². The maximum absolute atomic E-state index is 11.3. The van der Waals surface area contributed by atoms with Crippen LogP contribution in [0.5, 0.6) is 0 Å². The van der Waals surface area contributed by atoms with Gasteiger partial charge in [0, 0.05) is 0 Å². The zero-order valence-corrected chi connectivity index (χ0v) is 10.3. The molecule has 0 radical (unpaired) electrons. The van der Waals surface area contributed by atoms with Gasteiger partial charge in [0.05, 0.1) is 6.61 Å². The second kappa shape index (κ2) is 10.0. The van der Waals surface area contributed by atoms with E-state index < -0.39 is 18.2 Å². The van der Waals surface area contributed by atoms with Crippen LogP contribution < -0.4 is 11.5 Å². The molecule has 0 aromatic heterocycles. The smallest absolute Gasteiger partial charge is 0.434 e. The molecule has 0 fully saturated rings. The fourth-order valence-corrected chi connectivity index (χ4v) is 1.11. The Morgan fingerprint density at radius 3 is 2.53 bits per heavy atom. The van der Waals surface area contributed by atoms with Crippen LogP contribution in [0.25, 0.3) is 0 Å². The van der Waals surface area contributed by atoms with E-state index in [0.717, 1.165) is 25.7 Å². The summed E-state index contributed by atoms with van der Waals surface area (Å²) in [6, 6.07) is -0.791. The third-order valence-electron chi connectivity index (χ3n) is 2.17. The first-order valence-corrected chi connectivity index (χ1v) is 5.95. The monoisotopic (exact) mass is 246 g/mol. The quantitative estimate of drug-likeness (QED) is 0.375. The molecule has 0 aromatic rings. The molecule has 6 nitrogen and oxygen atoms in total. The number of esters is 1. The second-order valence-corrected chi connectivity index (χ2v) is 3.76. The topological polar surface area (TPSA) is 105 Å². The number of rotatable bonds is 8. The number of hydrogen-bond acceptors (Lipinski definition) is 6. The molecule has 0 aromatic carbocycles. The van der Waals surface area contributed by atoms with Crippen LogP contribution >= 0.6 is 0 Å². The van der Waals surface area contributed by atoms with E-state index in [2.05, 4.69) is 9.47 Å². The van der Waals surface area contributed by atoms with Crippen molar-refractivity contribution in [2.75, 3.05) is 13.2 Å². The summed E-state index contributed by atoms with van der Waals surface area (Å²) >= 11 is 0. The lowest BCUT2D eigenvalue weighted by molar-refractivity contribution is -0.141. The predicted octanol–water partition coefficient (Wildman–Crippen LogP) is 0.923. The van der Waals surface area contributed by atoms with Crippen LogP contribution in [-0.2, 0) is 14.3 Å². The van der Waals surface area contributed by atoms with Gasteiger partial charge in [-0.1, -0.05) is 19.8 Å². The first kappa shape index (κ1) is 15.9. The molecule has 0 aliphatic heterocycles. The van der Waals surface area contributed by atoms with E-state index in [9.17, 15) is 9.59 Å². The maximum Gasteiger partial charge on any atom is 0.516 e. The number of unbranched alkanes of at least 4 members (excludes halogenated alkanes) is 2. The van der Waals surface area contributed by atoms with E-state index in [1.807, 2.05) is 6.92 Å². The first-order chi connectivity index (χ1) is 8.11. The van der Waals surface area contributed by atoms with E-state index in [1.165, 1.54) is 0 Å². The van der Waals surface area contributed by atoms with Crippen LogP contribution in [0.3, 0.4) is 0 Å². The Morgan fingerprint density at radius 2 is 1.94 bits per heavy atom. The fraction of sp³-hybridized carbons (Fsp3) is 0.818. The van der Waals surface area contributed by atoms with Crippen LogP contribution in [0, 0.1) is 0 Å². The Kier molecular flexibility index (Phi) is 9.37. The van der Waals surface area contributed by atoms with Crippen molar-refractivity contribution < 1.29 is 19.1 Å². The first-order valence-electron chi connectivity index (χ1n) is 5.95. The van der Waals surface area contributed by atoms with Crippen molar-refractivity contribution in [2.45, 2.75) is 45.1 Å². The molecule has 0 saturated heterocycles. The molecule has 0 spiro atoms. The van der Waals surface area contributed by atoms with Gasteiger partial charge in [-0.2, -0.15) is 0 Å². The van der Waals surface area contributed by atoms with E-state index in [4.69, 9.17) is 11.5 Å².